The fraction of sp³-hybridized carbons (Fsp3) is 0.176. The normalized spacial score (nSPS) is 18.2. The summed E-state index contributed by atoms with van der Waals surface area (Å²) in [6, 6.07) is 6.78. The smallest absolute Gasteiger partial charge is 0.115 e. The molecule has 0 heterocycles. The summed E-state index contributed by atoms with van der Waals surface area (Å²) in [6.45, 7) is 3.66. The Kier molecular flexibility index (Phi) is 3.70. The Morgan fingerprint density at radius 1 is 0.900 bits per heavy atom. The largest absolute Gasteiger partial charge is 0.511 e. The molecule has 0 spiro atoms. The first-order valence-corrected chi connectivity index (χ1v) is 6.38. The van der Waals surface area contributed by atoms with Crippen molar-refractivity contribution in [2.24, 2.45) is 5.41 Å². The van der Waals surface area contributed by atoms with E-state index >= 15 is 0 Å². The van der Waals surface area contributed by atoms with Gasteiger partial charge in [-0.05, 0) is 55.3 Å². The van der Waals surface area contributed by atoms with E-state index in [2.05, 4.69) is 0 Å². The van der Waals surface area contributed by atoms with Gasteiger partial charge >= 0.3 is 0 Å². The van der Waals surface area contributed by atoms with E-state index < -0.39 is 5.41 Å². The van der Waals surface area contributed by atoms with Crippen molar-refractivity contribution in [1.82, 2.24) is 0 Å². The maximum atomic E-state index is 10.0. The maximum Gasteiger partial charge on any atom is 0.115 e. The number of aliphatic hydroxyl groups is 2. The van der Waals surface area contributed by atoms with Crippen molar-refractivity contribution in [1.29, 1.82) is 0 Å². The van der Waals surface area contributed by atoms with Crippen LogP contribution in [0.5, 0.6) is 5.75 Å². The lowest BCUT2D eigenvalue weighted by Gasteiger charge is -2.18. The van der Waals surface area contributed by atoms with Gasteiger partial charge in [-0.2, -0.15) is 0 Å². The molecule has 0 aromatic heterocycles. The van der Waals surface area contributed by atoms with Gasteiger partial charge in [-0.15, -0.1) is 0 Å². The fourth-order valence-electron chi connectivity index (χ4n) is 1.92. The molecule has 0 radical (unpaired) electrons. The van der Waals surface area contributed by atoms with Crippen molar-refractivity contribution < 1.29 is 15.3 Å². The average molecular weight is 270 g/mol. The van der Waals surface area contributed by atoms with Gasteiger partial charge in [0.25, 0.3) is 0 Å². The highest BCUT2D eigenvalue weighted by Gasteiger charge is 2.23. The lowest BCUT2D eigenvalue weighted by molar-refractivity contribution is 0.296. The van der Waals surface area contributed by atoms with Gasteiger partial charge in [0.1, 0.15) is 17.3 Å². The molecular formula is C17H18O3. The summed E-state index contributed by atoms with van der Waals surface area (Å²) in [5.41, 5.74) is 1.03. The number of rotatable bonds is 2. The number of allylic oxidation sites excluding steroid dienone is 5. The van der Waals surface area contributed by atoms with E-state index in [1.165, 1.54) is 0 Å². The van der Waals surface area contributed by atoms with Crippen molar-refractivity contribution in [2.45, 2.75) is 13.8 Å². The van der Waals surface area contributed by atoms with E-state index in [1.807, 2.05) is 19.9 Å². The minimum absolute atomic E-state index is 0.126. The predicted octanol–water partition coefficient (Wildman–Crippen LogP) is 4.26. The molecule has 0 atom stereocenters. The summed E-state index contributed by atoms with van der Waals surface area (Å²) in [7, 11) is 0. The zero-order valence-electron chi connectivity index (χ0n) is 11.5. The van der Waals surface area contributed by atoms with Crippen molar-refractivity contribution >= 4 is 6.08 Å². The van der Waals surface area contributed by atoms with Crippen LogP contribution >= 0.6 is 0 Å². The summed E-state index contributed by atoms with van der Waals surface area (Å²) < 4.78 is 0. The monoisotopic (exact) mass is 270 g/mol. The number of hydrogen-bond donors (Lipinski definition) is 3. The van der Waals surface area contributed by atoms with Crippen LogP contribution in [0, 0.1) is 5.41 Å². The van der Waals surface area contributed by atoms with Gasteiger partial charge in [0, 0.05) is 5.41 Å². The molecule has 0 amide bonds. The molecule has 0 saturated heterocycles. The second-order valence-corrected chi connectivity index (χ2v) is 5.39. The average Bonchev–Trinajstić information content (AvgIpc) is 2.45. The zero-order valence-corrected chi connectivity index (χ0v) is 11.5. The lowest BCUT2D eigenvalue weighted by Crippen LogP contribution is -2.11. The van der Waals surface area contributed by atoms with Gasteiger partial charge in [-0.3, -0.25) is 0 Å². The number of phenols is 1. The number of phenolic OH excluding ortho intramolecular Hbond substituents is 1. The molecule has 0 unspecified atom stereocenters. The Labute approximate surface area is 118 Å². The second-order valence-electron chi connectivity index (χ2n) is 5.39. The van der Waals surface area contributed by atoms with Crippen molar-refractivity contribution in [3.05, 3.63) is 71.2 Å². The fourth-order valence-corrected chi connectivity index (χ4v) is 1.92. The van der Waals surface area contributed by atoms with Gasteiger partial charge in [-0.1, -0.05) is 24.3 Å². The third-order valence-corrected chi connectivity index (χ3v) is 3.15. The van der Waals surface area contributed by atoms with Crippen LogP contribution in [0.3, 0.4) is 0 Å². The summed E-state index contributed by atoms with van der Waals surface area (Å²) in [5, 5.41) is 29.1. The van der Waals surface area contributed by atoms with E-state index in [0.717, 1.165) is 5.56 Å². The Balaban J connectivity index is 2.27. The third-order valence-electron chi connectivity index (χ3n) is 3.15. The van der Waals surface area contributed by atoms with E-state index in [-0.39, 0.29) is 17.3 Å². The minimum atomic E-state index is -0.589. The summed E-state index contributed by atoms with van der Waals surface area (Å²) in [4.78, 5) is 0. The molecule has 104 valence electrons. The Morgan fingerprint density at radius 3 is 2.20 bits per heavy atom. The molecule has 1 aromatic rings. The molecule has 20 heavy (non-hydrogen) atoms. The first-order valence-electron chi connectivity index (χ1n) is 6.38. The molecule has 3 heteroatoms. The molecule has 1 aliphatic carbocycles. The third kappa shape index (κ3) is 3.32. The highest BCUT2D eigenvalue weighted by Crippen LogP contribution is 2.31. The predicted molar refractivity (Wildman–Crippen MR) is 80.4 cm³/mol. The molecule has 0 aliphatic heterocycles. The molecule has 3 nitrogen and oxygen atoms in total. The van der Waals surface area contributed by atoms with Crippen LogP contribution < -0.4 is 0 Å². The number of aromatic hydroxyl groups is 1. The molecular weight excluding hydrogens is 252 g/mol. The molecule has 0 saturated carbocycles. The molecule has 0 bridgehead atoms. The molecule has 1 aliphatic rings. The van der Waals surface area contributed by atoms with Gasteiger partial charge in [0.05, 0.1) is 0 Å². The van der Waals surface area contributed by atoms with Crippen LogP contribution in [-0.4, -0.2) is 15.3 Å². The first-order chi connectivity index (χ1) is 9.37. The van der Waals surface area contributed by atoms with Gasteiger partial charge in [-0.25, -0.2) is 0 Å². The molecule has 2 rings (SSSR count). The van der Waals surface area contributed by atoms with Gasteiger partial charge < -0.3 is 15.3 Å². The summed E-state index contributed by atoms with van der Waals surface area (Å²) in [6.07, 6.45) is 8.49. The highest BCUT2D eigenvalue weighted by atomic mass is 16.3. The SMILES string of the molecule is CC1(C)C=C(O)C=C(/C=C/c2ccc(O)cc2)C=C1O. The topological polar surface area (TPSA) is 60.7 Å². The van der Waals surface area contributed by atoms with E-state index in [4.69, 9.17) is 0 Å². The lowest BCUT2D eigenvalue weighted by atomic mass is 9.90. The molecule has 1 aromatic carbocycles. The van der Waals surface area contributed by atoms with E-state index in [1.54, 1.807) is 48.6 Å². The van der Waals surface area contributed by atoms with Crippen molar-refractivity contribution in [3.8, 4) is 5.75 Å². The first kappa shape index (κ1) is 14.0. The van der Waals surface area contributed by atoms with Crippen LogP contribution in [0.2, 0.25) is 0 Å². The van der Waals surface area contributed by atoms with Crippen LogP contribution in [0.1, 0.15) is 19.4 Å². The van der Waals surface area contributed by atoms with Crippen LogP contribution in [0.25, 0.3) is 6.08 Å². The quantitative estimate of drug-likeness (QED) is 0.752. The zero-order chi connectivity index (χ0) is 14.8. The van der Waals surface area contributed by atoms with Crippen molar-refractivity contribution in [2.75, 3.05) is 0 Å². The summed E-state index contributed by atoms with van der Waals surface area (Å²) >= 11 is 0. The minimum Gasteiger partial charge on any atom is -0.511 e. The number of benzene rings is 1. The Bertz CT molecular complexity index is 614. The standard InChI is InChI=1S/C17H18O3/c1-17(2)11-15(19)9-13(10-16(17)20)4-3-12-5-7-14(18)8-6-12/h3-11,18-20H,1-2H3/b4-3+. The van der Waals surface area contributed by atoms with Crippen LogP contribution in [-0.2, 0) is 0 Å². The second kappa shape index (κ2) is 5.29. The molecule has 3 N–H and O–H groups in total. The molecule has 0 fully saturated rings. The van der Waals surface area contributed by atoms with E-state index in [0.29, 0.717) is 5.57 Å². The highest BCUT2D eigenvalue weighted by molar-refractivity contribution is 5.57. The van der Waals surface area contributed by atoms with Crippen molar-refractivity contribution in [3.63, 3.8) is 0 Å². The Hall–Kier alpha value is -2.42. The number of hydrogen-bond acceptors (Lipinski definition) is 3. The number of aliphatic hydroxyl groups excluding tert-OH is 2. The summed E-state index contributed by atoms with van der Waals surface area (Å²) in [5.74, 6) is 0.541. The Morgan fingerprint density at radius 2 is 1.55 bits per heavy atom. The van der Waals surface area contributed by atoms with Gasteiger partial charge in [0.2, 0.25) is 0 Å². The van der Waals surface area contributed by atoms with Crippen LogP contribution in [0.15, 0.2) is 65.7 Å². The van der Waals surface area contributed by atoms with E-state index in [9.17, 15) is 15.3 Å². The van der Waals surface area contributed by atoms with Gasteiger partial charge in [0.15, 0.2) is 0 Å². The maximum absolute atomic E-state index is 10.0. The van der Waals surface area contributed by atoms with Crippen LogP contribution in [0.4, 0.5) is 0 Å².